The highest BCUT2D eigenvalue weighted by atomic mass is 19.4. The minimum Gasteiger partial charge on any atom is -0.321 e. The summed E-state index contributed by atoms with van der Waals surface area (Å²) in [5, 5.41) is 8.53. The Hall–Kier alpha value is -4.53. The van der Waals surface area contributed by atoms with Crippen LogP contribution in [0.1, 0.15) is 84.0 Å². The van der Waals surface area contributed by atoms with Crippen LogP contribution in [-0.2, 0) is 6.18 Å². The van der Waals surface area contributed by atoms with E-state index in [9.17, 15) is 18.0 Å². The third-order valence-electron chi connectivity index (χ3n) is 8.34. The van der Waals surface area contributed by atoms with E-state index in [1.165, 1.54) is 11.6 Å². The number of hydrogen-bond acceptors (Lipinski definition) is 5. The van der Waals surface area contributed by atoms with Crippen molar-refractivity contribution in [3.8, 4) is 11.1 Å². The van der Waals surface area contributed by atoms with Crippen LogP contribution in [0, 0.1) is 0 Å². The lowest BCUT2D eigenvalue weighted by Crippen LogP contribution is -2.09. The van der Waals surface area contributed by atoms with Crippen LogP contribution in [0.25, 0.3) is 22.0 Å². The molecule has 0 amide bonds. The quantitative estimate of drug-likeness (QED) is 0.176. The zero-order chi connectivity index (χ0) is 29.7. The fraction of sp³-hybridized carbons (Fsp3) is 0.294. The number of hydrogen-bond donors (Lipinski definition) is 1. The Labute approximate surface area is 247 Å². The summed E-state index contributed by atoms with van der Waals surface area (Å²) in [5.41, 5.74) is 5.18. The summed E-state index contributed by atoms with van der Waals surface area (Å²) < 4.78 is 41.6. The van der Waals surface area contributed by atoms with Gasteiger partial charge in [-0.05, 0) is 84.0 Å². The Balaban J connectivity index is 1.13. The fourth-order valence-corrected chi connectivity index (χ4v) is 5.60. The van der Waals surface area contributed by atoms with Gasteiger partial charge >= 0.3 is 6.18 Å². The van der Waals surface area contributed by atoms with Crippen molar-refractivity contribution >= 4 is 28.3 Å². The van der Waals surface area contributed by atoms with Crippen molar-refractivity contribution < 1.29 is 18.0 Å². The predicted molar refractivity (Wildman–Crippen MR) is 160 cm³/mol. The largest absolute Gasteiger partial charge is 0.416 e. The van der Waals surface area contributed by atoms with Gasteiger partial charge in [-0.25, -0.2) is 9.97 Å². The molecular weight excluding hydrogens is 551 g/mol. The summed E-state index contributed by atoms with van der Waals surface area (Å²) in [4.78, 5) is 22.6. The molecule has 2 aliphatic carbocycles. The number of benzene rings is 3. The molecule has 3 aromatic carbocycles. The number of halogens is 3. The number of anilines is 2. The zero-order valence-electron chi connectivity index (χ0n) is 23.6. The van der Waals surface area contributed by atoms with Crippen molar-refractivity contribution in [2.75, 3.05) is 5.32 Å². The lowest BCUT2D eigenvalue weighted by molar-refractivity contribution is -0.137. The Morgan fingerprint density at radius 1 is 1.02 bits per heavy atom. The molecule has 5 aromatic rings. The maximum atomic E-state index is 13.4. The topological polar surface area (TPSA) is 72.7 Å². The molecule has 7 rings (SSSR count). The molecular formula is C34H30F3N5O. The average molecular weight is 582 g/mol. The van der Waals surface area contributed by atoms with E-state index < -0.39 is 11.7 Å². The molecule has 2 heterocycles. The molecule has 1 unspecified atom stereocenters. The van der Waals surface area contributed by atoms with E-state index in [1.807, 2.05) is 47.3 Å². The van der Waals surface area contributed by atoms with Crippen molar-refractivity contribution in [2.45, 2.75) is 63.1 Å². The molecule has 0 radical (unpaired) electrons. The van der Waals surface area contributed by atoms with Gasteiger partial charge in [0.1, 0.15) is 0 Å². The zero-order valence-corrected chi connectivity index (χ0v) is 23.6. The van der Waals surface area contributed by atoms with Gasteiger partial charge in [-0.3, -0.25) is 9.48 Å². The smallest absolute Gasteiger partial charge is 0.321 e. The molecule has 2 saturated carbocycles. The summed E-state index contributed by atoms with van der Waals surface area (Å²) in [6.45, 7) is 1.79. The Kier molecular flexibility index (Phi) is 6.75. The molecule has 2 aliphatic rings. The van der Waals surface area contributed by atoms with Crippen LogP contribution < -0.4 is 5.32 Å². The van der Waals surface area contributed by atoms with Crippen LogP contribution >= 0.6 is 0 Å². The van der Waals surface area contributed by atoms with Crippen LogP contribution in [0.5, 0.6) is 0 Å². The summed E-state index contributed by atoms with van der Waals surface area (Å²) in [7, 11) is 0. The molecule has 0 spiro atoms. The second kappa shape index (κ2) is 10.6. The Morgan fingerprint density at radius 2 is 1.86 bits per heavy atom. The van der Waals surface area contributed by atoms with Crippen molar-refractivity contribution in [3.63, 3.8) is 0 Å². The summed E-state index contributed by atoms with van der Waals surface area (Å²) >= 11 is 0. The molecule has 1 N–H and O–H groups in total. The van der Waals surface area contributed by atoms with Gasteiger partial charge < -0.3 is 5.32 Å². The molecule has 9 heteroatoms. The molecule has 0 aliphatic heterocycles. The van der Waals surface area contributed by atoms with Gasteiger partial charge in [0, 0.05) is 29.8 Å². The summed E-state index contributed by atoms with van der Waals surface area (Å²) in [6, 6.07) is 17.6. The van der Waals surface area contributed by atoms with E-state index in [4.69, 9.17) is 0 Å². The number of aromatic nitrogens is 4. The maximum absolute atomic E-state index is 13.4. The first kappa shape index (κ1) is 27.3. The monoisotopic (exact) mass is 581 g/mol. The van der Waals surface area contributed by atoms with E-state index in [-0.39, 0.29) is 18.1 Å². The minimum atomic E-state index is -4.42. The van der Waals surface area contributed by atoms with Crippen molar-refractivity contribution in [2.24, 2.45) is 0 Å². The fourth-order valence-electron chi connectivity index (χ4n) is 5.60. The lowest BCUT2D eigenvalue weighted by atomic mass is 9.89. The number of ketones is 1. The van der Waals surface area contributed by atoms with Crippen LogP contribution in [0.4, 0.5) is 24.8 Å². The third-order valence-corrected chi connectivity index (χ3v) is 8.34. The van der Waals surface area contributed by atoms with E-state index in [1.54, 1.807) is 25.4 Å². The highest BCUT2D eigenvalue weighted by Crippen LogP contribution is 2.45. The molecule has 2 fully saturated rings. The first-order valence-corrected chi connectivity index (χ1v) is 14.6. The van der Waals surface area contributed by atoms with Gasteiger partial charge in [0.15, 0.2) is 5.78 Å². The predicted octanol–water partition coefficient (Wildman–Crippen LogP) is 8.84. The van der Waals surface area contributed by atoms with E-state index >= 15 is 0 Å². The van der Waals surface area contributed by atoms with Crippen LogP contribution in [-0.4, -0.2) is 25.5 Å². The van der Waals surface area contributed by atoms with Gasteiger partial charge in [-0.1, -0.05) is 43.3 Å². The highest BCUT2D eigenvalue weighted by molar-refractivity contribution is 5.98. The maximum Gasteiger partial charge on any atom is 0.416 e. The van der Waals surface area contributed by atoms with Gasteiger partial charge in [-0.15, -0.1) is 0 Å². The first-order valence-electron chi connectivity index (χ1n) is 14.6. The number of nitrogens with zero attached hydrogens (tertiary/aromatic N) is 4. The van der Waals surface area contributed by atoms with Gasteiger partial charge in [0.05, 0.1) is 29.0 Å². The molecule has 0 saturated heterocycles. The molecule has 0 bridgehead atoms. The second-order valence-corrected chi connectivity index (χ2v) is 11.8. The number of rotatable bonds is 9. The Morgan fingerprint density at radius 3 is 2.63 bits per heavy atom. The number of carbonyl (C=O) groups is 1. The normalized spacial score (nSPS) is 15.9. The SMILES string of the molecule is CC(CC(=O)c1ccc(C2CC2)c(-c2ccc3nc(Nc4cnn(C5CC5)c4)ncc3c2)c1)c1cccc(C(F)(F)F)c1. The Bertz CT molecular complexity index is 1840. The lowest BCUT2D eigenvalue weighted by Gasteiger charge is -2.16. The number of nitrogens with one attached hydrogen (secondary N) is 1. The standard InChI is InChI=1S/C34H30F3N5O/c1-20(22-3-2-4-26(15-22)34(35,36)37)13-32(43)24-7-11-29(21-5-6-21)30(16-24)23-8-12-31-25(14-23)17-38-33(41-31)40-27-18-39-42(19-27)28-9-10-28/h2-4,7-8,11-12,14-21,28H,5-6,9-10,13H2,1H3,(H,38,40,41). The van der Waals surface area contributed by atoms with Crippen molar-refractivity contribution in [1.82, 2.24) is 19.7 Å². The minimum absolute atomic E-state index is 0.0987. The second-order valence-electron chi connectivity index (χ2n) is 11.8. The molecule has 43 heavy (non-hydrogen) atoms. The van der Waals surface area contributed by atoms with Crippen molar-refractivity contribution in [1.29, 1.82) is 0 Å². The van der Waals surface area contributed by atoms with Gasteiger partial charge in [0.25, 0.3) is 0 Å². The van der Waals surface area contributed by atoms with E-state index in [2.05, 4.69) is 20.4 Å². The number of Topliss-reactive ketones (excluding diaryl/α,β-unsaturated/α-hetero) is 1. The highest BCUT2D eigenvalue weighted by Gasteiger charge is 2.31. The molecule has 6 nitrogen and oxygen atoms in total. The average Bonchev–Trinajstić information content (AvgIpc) is 3.95. The molecule has 218 valence electrons. The number of alkyl halides is 3. The summed E-state index contributed by atoms with van der Waals surface area (Å²) in [6.07, 6.45) is 5.78. The van der Waals surface area contributed by atoms with Crippen LogP contribution in [0.15, 0.2) is 79.3 Å². The van der Waals surface area contributed by atoms with Crippen LogP contribution in [0.3, 0.4) is 0 Å². The number of carbonyl (C=O) groups excluding carboxylic acids is 1. The third kappa shape index (κ3) is 5.89. The first-order chi connectivity index (χ1) is 20.7. The molecule has 1 atom stereocenters. The molecule has 2 aromatic heterocycles. The van der Waals surface area contributed by atoms with Crippen LogP contribution in [0.2, 0.25) is 0 Å². The van der Waals surface area contributed by atoms with Gasteiger partial charge in [0.2, 0.25) is 5.95 Å². The number of fused-ring (bicyclic) bond motifs is 1. The van der Waals surface area contributed by atoms with E-state index in [0.717, 1.165) is 65.5 Å². The van der Waals surface area contributed by atoms with Gasteiger partial charge in [-0.2, -0.15) is 18.3 Å². The van der Waals surface area contributed by atoms with Crippen molar-refractivity contribution in [3.05, 3.63) is 102 Å². The van der Waals surface area contributed by atoms with E-state index in [0.29, 0.717) is 29.0 Å². The summed E-state index contributed by atoms with van der Waals surface area (Å²) in [5.74, 6) is 0.499.